The zero-order valence-electron chi connectivity index (χ0n) is 10.7. The first kappa shape index (κ1) is 12.4. The number of aromatic nitrogens is 1. The van der Waals surface area contributed by atoms with E-state index >= 15 is 0 Å². The highest BCUT2D eigenvalue weighted by Crippen LogP contribution is 2.27. The first-order valence-electron chi connectivity index (χ1n) is 5.71. The van der Waals surface area contributed by atoms with E-state index in [1.807, 2.05) is 38.1 Å². The minimum Gasteiger partial charge on any atom is -0.469 e. The zero-order valence-corrected chi connectivity index (χ0v) is 10.7. The molecule has 0 amide bonds. The Balaban J connectivity index is 2.36. The van der Waals surface area contributed by atoms with E-state index in [4.69, 9.17) is 4.52 Å². The lowest BCUT2D eigenvalue weighted by Crippen LogP contribution is -2.04. The molecule has 1 heterocycles. The Kier molecular flexibility index (Phi) is 3.46. The lowest BCUT2D eigenvalue weighted by molar-refractivity contribution is -0.139. The SMILES string of the molecule is COC(=O)Cc1cccc(-c2c(C)noc2C)c1. The Hall–Kier alpha value is -2.10. The average molecular weight is 245 g/mol. The summed E-state index contributed by atoms with van der Waals surface area (Å²) in [4.78, 5) is 11.3. The van der Waals surface area contributed by atoms with Crippen molar-refractivity contribution in [3.63, 3.8) is 0 Å². The maximum absolute atomic E-state index is 11.3. The molecule has 0 bridgehead atoms. The van der Waals surface area contributed by atoms with Crippen molar-refractivity contribution in [2.45, 2.75) is 20.3 Å². The van der Waals surface area contributed by atoms with Gasteiger partial charge in [-0.15, -0.1) is 0 Å². The molecule has 0 aliphatic rings. The van der Waals surface area contributed by atoms with Gasteiger partial charge in [0.05, 0.1) is 19.2 Å². The van der Waals surface area contributed by atoms with Crippen molar-refractivity contribution in [3.8, 4) is 11.1 Å². The Bertz CT molecular complexity index is 553. The number of carbonyl (C=O) groups excluding carboxylic acids is 1. The van der Waals surface area contributed by atoms with Crippen LogP contribution in [-0.4, -0.2) is 18.2 Å². The maximum atomic E-state index is 11.3. The van der Waals surface area contributed by atoms with E-state index in [0.717, 1.165) is 28.1 Å². The fourth-order valence-corrected chi connectivity index (χ4v) is 1.97. The van der Waals surface area contributed by atoms with Crippen LogP contribution in [0.3, 0.4) is 0 Å². The predicted molar refractivity (Wildman–Crippen MR) is 67.1 cm³/mol. The molecule has 4 nitrogen and oxygen atoms in total. The Morgan fingerprint density at radius 1 is 1.39 bits per heavy atom. The molecule has 0 aliphatic carbocycles. The molecule has 0 radical (unpaired) electrons. The second kappa shape index (κ2) is 5.04. The van der Waals surface area contributed by atoms with Crippen LogP contribution >= 0.6 is 0 Å². The van der Waals surface area contributed by atoms with Crippen molar-refractivity contribution in [1.29, 1.82) is 0 Å². The molecule has 2 aromatic rings. The van der Waals surface area contributed by atoms with Gasteiger partial charge in [-0.3, -0.25) is 4.79 Å². The molecule has 0 atom stereocenters. The molecule has 2 rings (SSSR count). The third-order valence-corrected chi connectivity index (χ3v) is 2.83. The highest BCUT2D eigenvalue weighted by molar-refractivity contribution is 5.74. The smallest absolute Gasteiger partial charge is 0.309 e. The summed E-state index contributed by atoms with van der Waals surface area (Å²) in [5.41, 5.74) is 3.76. The monoisotopic (exact) mass is 245 g/mol. The van der Waals surface area contributed by atoms with E-state index in [0.29, 0.717) is 0 Å². The molecule has 0 N–H and O–H groups in total. The molecule has 18 heavy (non-hydrogen) atoms. The lowest BCUT2D eigenvalue weighted by atomic mass is 10.0. The van der Waals surface area contributed by atoms with Gasteiger partial charge < -0.3 is 9.26 Å². The van der Waals surface area contributed by atoms with Crippen LogP contribution in [0.5, 0.6) is 0 Å². The highest BCUT2D eigenvalue weighted by atomic mass is 16.5. The molecule has 0 unspecified atom stereocenters. The minimum atomic E-state index is -0.245. The molecule has 0 spiro atoms. The number of methoxy groups -OCH3 is 1. The maximum Gasteiger partial charge on any atom is 0.309 e. The van der Waals surface area contributed by atoms with E-state index in [9.17, 15) is 4.79 Å². The topological polar surface area (TPSA) is 52.3 Å². The predicted octanol–water partition coefficient (Wildman–Crippen LogP) is 2.67. The van der Waals surface area contributed by atoms with Crippen LogP contribution < -0.4 is 0 Å². The summed E-state index contributed by atoms with van der Waals surface area (Å²) in [6.45, 7) is 3.78. The van der Waals surface area contributed by atoms with E-state index in [2.05, 4.69) is 9.89 Å². The molecule has 0 aliphatic heterocycles. The van der Waals surface area contributed by atoms with Gasteiger partial charge >= 0.3 is 5.97 Å². The Labute approximate surface area is 106 Å². The fraction of sp³-hybridized carbons (Fsp3) is 0.286. The van der Waals surface area contributed by atoms with Gasteiger partial charge in [-0.05, 0) is 25.0 Å². The average Bonchev–Trinajstić information content (AvgIpc) is 2.69. The molecular formula is C14H15NO3. The molecule has 1 aromatic heterocycles. The first-order valence-corrected chi connectivity index (χ1v) is 5.71. The summed E-state index contributed by atoms with van der Waals surface area (Å²) >= 11 is 0. The molecule has 1 aromatic carbocycles. The molecule has 0 saturated heterocycles. The van der Waals surface area contributed by atoms with Crippen LogP contribution in [0.25, 0.3) is 11.1 Å². The second-order valence-electron chi connectivity index (χ2n) is 4.15. The second-order valence-corrected chi connectivity index (χ2v) is 4.15. The lowest BCUT2D eigenvalue weighted by Gasteiger charge is -2.04. The largest absolute Gasteiger partial charge is 0.469 e. The van der Waals surface area contributed by atoms with Crippen molar-refractivity contribution >= 4 is 5.97 Å². The third kappa shape index (κ3) is 2.42. The van der Waals surface area contributed by atoms with Gasteiger partial charge in [-0.25, -0.2) is 0 Å². The molecule has 94 valence electrons. The van der Waals surface area contributed by atoms with Crippen molar-refractivity contribution < 1.29 is 14.1 Å². The van der Waals surface area contributed by atoms with E-state index in [-0.39, 0.29) is 12.4 Å². The van der Waals surface area contributed by atoms with Gasteiger partial charge in [0.1, 0.15) is 5.76 Å². The summed E-state index contributed by atoms with van der Waals surface area (Å²) in [6.07, 6.45) is 0.272. The van der Waals surface area contributed by atoms with E-state index in [1.54, 1.807) is 0 Å². The van der Waals surface area contributed by atoms with Crippen LogP contribution in [0.4, 0.5) is 0 Å². The standard InChI is InChI=1S/C14H15NO3/c1-9-14(10(2)18-15-9)12-6-4-5-11(7-12)8-13(16)17-3/h4-7H,8H2,1-3H3. The van der Waals surface area contributed by atoms with Crippen molar-refractivity contribution in [1.82, 2.24) is 5.16 Å². The van der Waals surface area contributed by atoms with Gasteiger partial charge in [0.15, 0.2) is 0 Å². The highest BCUT2D eigenvalue weighted by Gasteiger charge is 2.12. The number of aryl methyl sites for hydroxylation is 2. The van der Waals surface area contributed by atoms with E-state index < -0.39 is 0 Å². The van der Waals surface area contributed by atoms with Gasteiger partial charge in [0.25, 0.3) is 0 Å². The number of hydrogen-bond acceptors (Lipinski definition) is 4. The zero-order chi connectivity index (χ0) is 13.1. The van der Waals surface area contributed by atoms with Crippen LogP contribution in [-0.2, 0) is 16.0 Å². The van der Waals surface area contributed by atoms with Crippen molar-refractivity contribution in [2.75, 3.05) is 7.11 Å². The van der Waals surface area contributed by atoms with Gasteiger partial charge in [0.2, 0.25) is 0 Å². The number of ether oxygens (including phenoxy) is 1. The molecule has 4 heteroatoms. The summed E-state index contributed by atoms with van der Waals surface area (Å²) in [5, 5.41) is 3.93. The summed E-state index contributed by atoms with van der Waals surface area (Å²) in [6, 6.07) is 7.76. The fourth-order valence-electron chi connectivity index (χ4n) is 1.97. The van der Waals surface area contributed by atoms with Gasteiger partial charge in [-0.2, -0.15) is 0 Å². The normalized spacial score (nSPS) is 10.4. The van der Waals surface area contributed by atoms with E-state index in [1.165, 1.54) is 7.11 Å². The van der Waals surface area contributed by atoms with Crippen LogP contribution in [0.15, 0.2) is 28.8 Å². The number of carbonyl (C=O) groups is 1. The number of esters is 1. The summed E-state index contributed by atoms with van der Waals surface area (Å²) < 4.78 is 9.81. The number of nitrogens with zero attached hydrogens (tertiary/aromatic N) is 1. The number of hydrogen-bond donors (Lipinski definition) is 0. The summed E-state index contributed by atoms with van der Waals surface area (Å²) in [5.74, 6) is 0.536. The van der Waals surface area contributed by atoms with Gasteiger partial charge in [-0.1, -0.05) is 29.4 Å². The minimum absolute atomic E-state index is 0.245. The molecule has 0 fully saturated rings. The Morgan fingerprint density at radius 2 is 2.17 bits per heavy atom. The van der Waals surface area contributed by atoms with Crippen molar-refractivity contribution in [2.24, 2.45) is 0 Å². The van der Waals surface area contributed by atoms with Crippen LogP contribution in [0.2, 0.25) is 0 Å². The van der Waals surface area contributed by atoms with Gasteiger partial charge in [0, 0.05) is 5.56 Å². The molecule has 0 saturated carbocycles. The third-order valence-electron chi connectivity index (χ3n) is 2.83. The number of rotatable bonds is 3. The number of benzene rings is 1. The van der Waals surface area contributed by atoms with Crippen LogP contribution in [0, 0.1) is 13.8 Å². The summed E-state index contributed by atoms with van der Waals surface area (Å²) in [7, 11) is 1.39. The quantitative estimate of drug-likeness (QED) is 0.780. The van der Waals surface area contributed by atoms with Crippen LogP contribution in [0.1, 0.15) is 17.0 Å². The first-order chi connectivity index (χ1) is 8.61. The van der Waals surface area contributed by atoms with Crippen molar-refractivity contribution in [3.05, 3.63) is 41.3 Å². The molecular weight excluding hydrogens is 230 g/mol. The Morgan fingerprint density at radius 3 is 2.78 bits per heavy atom.